The number of halogens is 4. The predicted molar refractivity (Wildman–Crippen MR) is 249 cm³/mol. The first-order valence-electron chi connectivity index (χ1n) is 20.0. The third kappa shape index (κ3) is 11.9. The number of rotatable bonds is 7. The highest BCUT2D eigenvalue weighted by Crippen LogP contribution is 2.43. The number of nitrogens with zero attached hydrogens (tertiary/aromatic N) is 3. The summed E-state index contributed by atoms with van der Waals surface area (Å²) in [5, 5.41) is 40.0. The number of methoxy groups -OCH3 is 1. The molecule has 6 heterocycles. The SMILES string of the molecule is COC(=O)[C@H](N)Cc1cc(Br)c(O)c(Br)c1.O=C1Nc2ncccc2C2(CCN(C(=O)N[C@H](Cc3cc(Br)c(O)c(Br)c3)C(=O)O)CC2)O1.O=C1Nc2ncccc2C2(CCNCC2)O1. The van der Waals surface area contributed by atoms with E-state index in [1.54, 1.807) is 42.7 Å². The molecule has 2 atom stereocenters. The molecule has 0 saturated carbocycles. The Morgan fingerprint density at radius 2 is 1.25 bits per heavy atom. The number of hydrogen-bond acceptors (Lipinski definition) is 14. The second kappa shape index (κ2) is 21.5. The smallest absolute Gasteiger partial charge is 0.413 e. The van der Waals surface area contributed by atoms with Gasteiger partial charge in [0.25, 0.3) is 0 Å². The topological polar surface area (TPSA) is 277 Å². The molecular formula is C42H44Br4N8O11. The number of benzene rings is 2. The van der Waals surface area contributed by atoms with Crippen LogP contribution in [-0.2, 0) is 47.8 Å². The number of aliphatic carboxylic acids is 1. The van der Waals surface area contributed by atoms with Gasteiger partial charge in [-0.2, -0.15) is 0 Å². The molecule has 346 valence electrons. The van der Waals surface area contributed by atoms with Gasteiger partial charge in [0.1, 0.15) is 46.4 Å². The maximum atomic E-state index is 12.8. The molecule has 2 spiro atoms. The van der Waals surface area contributed by atoms with Crippen molar-refractivity contribution < 1.29 is 53.5 Å². The highest BCUT2D eigenvalue weighted by Gasteiger charge is 2.46. The van der Waals surface area contributed by atoms with E-state index in [0.717, 1.165) is 42.6 Å². The Morgan fingerprint density at radius 3 is 1.69 bits per heavy atom. The maximum absolute atomic E-state index is 12.8. The number of fused-ring (bicyclic) bond motifs is 4. The van der Waals surface area contributed by atoms with Gasteiger partial charge in [-0.25, -0.2) is 29.1 Å². The molecule has 0 aliphatic carbocycles. The number of carbonyl (C=O) groups is 5. The first kappa shape index (κ1) is 49.4. The van der Waals surface area contributed by atoms with Crippen LogP contribution in [0.15, 0.2) is 78.8 Å². The van der Waals surface area contributed by atoms with E-state index in [0.29, 0.717) is 54.4 Å². The van der Waals surface area contributed by atoms with Gasteiger partial charge in [-0.05, 0) is 143 Å². The Labute approximate surface area is 406 Å². The van der Waals surface area contributed by atoms with Gasteiger partial charge < -0.3 is 50.8 Å². The van der Waals surface area contributed by atoms with E-state index >= 15 is 0 Å². The van der Waals surface area contributed by atoms with Gasteiger partial charge in [0.05, 0.1) is 25.0 Å². The Morgan fingerprint density at radius 1 is 0.800 bits per heavy atom. The minimum atomic E-state index is -1.18. The minimum Gasteiger partial charge on any atom is -0.506 e. The lowest BCUT2D eigenvalue weighted by molar-refractivity contribution is -0.142. The number of aromatic hydroxyl groups is 2. The Bertz CT molecular complexity index is 2410. The fourth-order valence-electron chi connectivity index (χ4n) is 7.74. The molecule has 9 N–H and O–H groups in total. The van der Waals surface area contributed by atoms with E-state index in [-0.39, 0.29) is 31.0 Å². The maximum Gasteiger partial charge on any atom is 0.413 e. The number of ether oxygens (including phenoxy) is 3. The number of piperidine rings is 2. The number of esters is 1. The zero-order valence-corrected chi connectivity index (χ0v) is 40.9. The second-order valence-corrected chi connectivity index (χ2v) is 18.7. The van der Waals surface area contributed by atoms with Crippen molar-refractivity contribution in [2.24, 2.45) is 5.73 Å². The van der Waals surface area contributed by atoms with E-state index in [2.05, 4.69) is 99.7 Å². The number of carboxylic acid groups (broad SMARTS) is 1. The molecule has 2 aromatic heterocycles. The van der Waals surface area contributed by atoms with E-state index < -0.39 is 53.4 Å². The van der Waals surface area contributed by atoms with Gasteiger partial charge >= 0.3 is 30.2 Å². The van der Waals surface area contributed by atoms with Gasteiger partial charge in [-0.15, -0.1) is 0 Å². The number of carbonyl (C=O) groups excluding carboxylic acids is 4. The van der Waals surface area contributed by atoms with Crippen molar-refractivity contribution in [1.29, 1.82) is 0 Å². The summed E-state index contributed by atoms with van der Waals surface area (Å²) >= 11 is 12.8. The molecular weight excluding hydrogens is 1110 g/mol. The number of nitrogens with one attached hydrogen (secondary N) is 4. The number of pyridine rings is 2. The summed E-state index contributed by atoms with van der Waals surface area (Å²) in [5.41, 5.74) is 7.48. The summed E-state index contributed by atoms with van der Waals surface area (Å²) < 4.78 is 17.6. The summed E-state index contributed by atoms with van der Waals surface area (Å²) in [5.74, 6) is -0.420. The molecule has 2 saturated heterocycles. The van der Waals surface area contributed by atoms with E-state index in [1.165, 1.54) is 12.0 Å². The third-order valence-electron chi connectivity index (χ3n) is 11.0. The van der Waals surface area contributed by atoms with Crippen LogP contribution >= 0.6 is 63.7 Å². The van der Waals surface area contributed by atoms with Crippen LogP contribution in [0.2, 0.25) is 0 Å². The lowest BCUT2D eigenvalue weighted by Crippen LogP contribution is -2.54. The second-order valence-electron chi connectivity index (χ2n) is 15.2. The van der Waals surface area contributed by atoms with Crippen LogP contribution in [0.5, 0.6) is 11.5 Å². The van der Waals surface area contributed by atoms with Crippen molar-refractivity contribution in [2.75, 3.05) is 43.9 Å². The number of carboxylic acids is 1. The van der Waals surface area contributed by atoms with Crippen molar-refractivity contribution in [3.05, 3.63) is 101 Å². The number of amides is 4. The fourth-order valence-corrected chi connectivity index (χ4v) is 10.3. The molecule has 2 aromatic carbocycles. The standard InChI is InChI=1S/C21H20Br2N4O6.C11H13N3O2.C10H11Br2NO3/c22-13-8-11(9-14(23)16(13)28)10-15(18(29)30)25-19(31)27-6-3-21(4-7-27)12-2-1-5-24-17(12)26-20(32)33-21;15-10-14-9-8(2-1-5-13-9)11(16-10)3-6-12-7-4-11;1-16-10(15)8(13)4-5-2-6(11)9(14)7(12)3-5/h1-2,5,8-9,15,28H,3-4,6-7,10H2,(H,25,31)(H,29,30)(H,24,26,32);1-2,5,12H,3-4,6-7H2,(H,13,14,15);2-3,8,14H,4,13H2,1H3/t15-;;8-/m1.1/s1. The number of likely N-dealkylation sites (tertiary alicyclic amines) is 1. The number of aromatic nitrogens is 2. The first-order chi connectivity index (χ1) is 30.9. The summed E-state index contributed by atoms with van der Waals surface area (Å²) in [7, 11) is 1.30. The molecule has 8 rings (SSSR count). The molecule has 19 nitrogen and oxygen atoms in total. The van der Waals surface area contributed by atoms with E-state index in [1.807, 2.05) is 18.2 Å². The summed E-state index contributed by atoms with van der Waals surface area (Å²) in [6, 6.07) is 11.7. The van der Waals surface area contributed by atoms with Crippen molar-refractivity contribution in [3.63, 3.8) is 0 Å². The number of anilines is 2. The fraction of sp³-hybridized carbons (Fsp3) is 0.357. The molecule has 2 fully saturated rings. The van der Waals surface area contributed by atoms with Crippen LogP contribution in [0.3, 0.4) is 0 Å². The zero-order chi connectivity index (χ0) is 47.1. The molecule has 4 aromatic rings. The van der Waals surface area contributed by atoms with Crippen LogP contribution in [0.1, 0.15) is 47.9 Å². The van der Waals surface area contributed by atoms with Crippen molar-refractivity contribution >= 4 is 106 Å². The van der Waals surface area contributed by atoms with Gasteiger partial charge in [0, 0.05) is 68.7 Å². The molecule has 0 bridgehead atoms. The van der Waals surface area contributed by atoms with Crippen LogP contribution < -0.4 is 27.0 Å². The van der Waals surface area contributed by atoms with Gasteiger partial charge in [-0.1, -0.05) is 0 Å². The number of urea groups is 1. The average molecular weight is 1160 g/mol. The Kier molecular flexibility index (Phi) is 16.3. The quantitative estimate of drug-likeness (QED) is 0.0702. The van der Waals surface area contributed by atoms with Crippen LogP contribution in [0, 0.1) is 0 Å². The largest absolute Gasteiger partial charge is 0.506 e. The Hall–Kier alpha value is -5.07. The summed E-state index contributed by atoms with van der Waals surface area (Å²) in [4.78, 5) is 69.2. The average Bonchev–Trinajstić information content (AvgIpc) is 3.27. The third-order valence-corrected chi connectivity index (χ3v) is 13.5. The predicted octanol–water partition coefficient (Wildman–Crippen LogP) is 6.75. The van der Waals surface area contributed by atoms with Crippen LogP contribution in [0.4, 0.5) is 26.0 Å². The lowest BCUT2D eigenvalue weighted by Gasteiger charge is -2.43. The highest BCUT2D eigenvalue weighted by molar-refractivity contribution is 9.11. The number of phenolic OH excluding ortho intramolecular Hbond substituents is 2. The first-order valence-corrected chi connectivity index (χ1v) is 23.2. The molecule has 65 heavy (non-hydrogen) atoms. The van der Waals surface area contributed by atoms with Gasteiger partial charge in [-0.3, -0.25) is 15.4 Å². The molecule has 0 unspecified atom stereocenters. The van der Waals surface area contributed by atoms with Crippen molar-refractivity contribution in [1.82, 2.24) is 25.5 Å². The van der Waals surface area contributed by atoms with Crippen LogP contribution in [0.25, 0.3) is 0 Å². The lowest BCUT2D eigenvalue weighted by atomic mass is 9.83. The molecule has 4 aliphatic rings. The zero-order valence-electron chi connectivity index (χ0n) is 34.5. The Balaban J connectivity index is 0.000000182. The number of nitrogens with two attached hydrogens (primary N) is 1. The van der Waals surface area contributed by atoms with Crippen LogP contribution in [-0.4, -0.2) is 106 Å². The number of hydrogen-bond donors (Lipinski definition) is 8. The molecule has 4 amide bonds. The van der Waals surface area contributed by atoms with E-state index in [9.17, 15) is 39.3 Å². The van der Waals surface area contributed by atoms with Gasteiger partial charge in [0.2, 0.25) is 0 Å². The molecule has 4 aliphatic heterocycles. The molecule has 0 radical (unpaired) electrons. The monoisotopic (exact) mass is 1150 g/mol. The van der Waals surface area contributed by atoms with Crippen molar-refractivity contribution in [3.8, 4) is 11.5 Å². The molecule has 23 heteroatoms. The van der Waals surface area contributed by atoms with E-state index in [4.69, 9.17) is 15.2 Å². The van der Waals surface area contributed by atoms with Gasteiger partial charge in [0.15, 0.2) is 0 Å². The minimum absolute atomic E-state index is 0.00675. The number of phenols is 2. The van der Waals surface area contributed by atoms with Crippen molar-refractivity contribution in [2.45, 2.75) is 61.8 Å². The highest BCUT2D eigenvalue weighted by atomic mass is 79.9. The normalized spacial score (nSPS) is 17.4. The summed E-state index contributed by atoms with van der Waals surface area (Å²) in [6.45, 7) is 2.27. The summed E-state index contributed by atoms with van der Waals surface area (Å²) in [6.07, 6.45) is 4.99.